The quantitative estimate of drug-likeness (QED) is 0.316. The van der Waals surface area contributed by atoms with Crippen LogP contribution in [0.2, 0.25) is 0 Å². The van der Waals surface area contributed by atoms with Crippen LogP contribution in [-0.4, -0.2) is 39.8 Å². The number of alkyl halides is 6. The zero-order valence-electron chi connectivity index (χ0n) is 18.6. The standard InChI is InChI=1S/C23H16F6N4O3/c1-35-15-7-3-13(4-8-15)17-11-19(22(24,25)26)32(30-17)21(34)33-20(23(27,28)29)12-18(31-33)14-5-9-16(36-2)10-6-14/h3-12H,1-2H3. The Balaban J connectivity index is 1.83. The smallest absolute Gasteiger partial charge is 0.433 e. The monoisotopic (exact) mass is 510 g/mol. The van der Waals surface area contributed by atoms with E-state index in [4.69, 9.17) is 9.47 Å². The molecule has 4 rings (SSSR count). The number of ether oxygens (including phenoxy) is 2. The van der Waals surface area contributed by atoms with Gasteiger partial charge in [-0.05, 0) is 60.7 Å². The van der Waals surface area contributed by atoms with Gasteiger partial charge in [0.2, 0.25) is 0 Å². The first-order valence-corrected chi connectivity index (χ1v) is 10.1. The van der Waals surface area contributed by atoms with E-state index in [1.54, 1.807) is 0 Å². The van der Waals surface area contributed by atoms with Gasteiger partial charge in [-0.3, -0.25) is 0 Å². The van der Waals surface area contributed by atoms with Crippen molar-refractivity contribution < 1.29 is 40.6 Å². The minimum atomic E-state index is -5.10. The van der Waals surface area contributed by atoms with Crippen molar-refractivity contribution in [1.82, 2.24) is 19.6 Å². The van der Waals surface area contributed by atoms with Crippen LogP contribution in [-0.2, 0) is 12.4 Å². The van der Waals surface area contributed by atoms with Crippen LogP contribution >= 0.6 is 0 Å². The molecule has 0 fully saturated rings. The molecule has 0 aliphatic carbocycles. The van der Waals surface area contributed by atoms with Gasteiger partial charge in [-0.25, -0.2) is 4.79 Å². The third-order valence-electron chi connectivity index (χ3n) is 5.13. The van der Waals surface area contributed by atoms with Gasteiger partial charge in [-0.2, -0.15) is 45.9 Å². The lowest BCUT2D eigenvalue weighted by Crippen LogP contribution is -2.30. The predicted octanol–water partition coefficient (Wildman–Crippen LogP) is 5.98. The molecule has 0 saturated carbocycles. The number of benzene rings is 2. The molecule has 0 unspecified atom stereocenters. The summed E-state index contributed by atoms with van der Waals surface area (Å²) in [6.45, 7) is 0. The second kappa shape index (κ2) is 9.06. The molecule has 2 aromatic heterocycles. The van der Waals surface area contributed by atoms with Crippen molar-refractivity contribution >= 4 is 6.03 Å². The van der Waals surface area contributed by atoms with E-state index in [1.165, 1.54) is 62.8 Å². The van der Waals surface area contributed by atoms with Crippen molar-refractivity contribution in [3.63, 3.8) is 0 Å². The fourth-order valence-electron chi connectivity index (χ4n) is 3.35. The molecule has 2 heterocycles. The summed E-state index contributed by atoms with van der Waals surface area (Å²) < 4.78 is 92.2. The molecule has 0 atom stereocenters. The summed E-state index contributed by atoms with van der Waals surface area (Å²) >= 11 is 0. The molecule has 36 heavy (non-hydrogen) atoms. The van der Waals surface area contributed by atoms with Crippen LogP contribution in [0.25, 0.3) is 22.5 Å². The Morgan fingerprint density at radius 1 is 0.667 bits per heavy atom. The van der Waals surface area contributed by atoms with E-state index in [9.17, 15) is 31.1 Å². The third kappa shape index (κ3) is 4.76. The van der Waals surface area contributed by atoms with E-state index in [0.717, 1.165) is 0 Å². The lowest BCUT2D eigenvalue weighted by molar-refractivity contribution is -0.143. The topological polar surface area (TPSA) is 71.2 Å². The first kappa shape index (κ1) is 24.8. The number of nitrogens with zero attached hydrogens (tertiary/aromatic N) is 4. The largest absolute Gasteiger partial charge is 0.497 e. The molecular formula is C23H16F6N4O3. The van der Waals surface area contributed by atoms with Gasteiger partial charge in [0.15, 0.2) is 11.4 Å². The van der Waals surface area contributed by atoms with Gasteiger partial charge in [0.05, 0.1) is 25.6 Å². The third-order valence-corrected chi connectivity index (χ3v) is 5.13. The van der Waals surface area contributed by atoms with Crippen LogP contribution in [0.4, 0.5) is 31.1 Å². The van der Waals surface area contributed by atoms with Crippen LogP contribution in [0.5, 0.6) is 11.5 Å². The van der Waals surface area contributed by atoms with Crippen molar-refractivity contribution in [2.45, 2.75) is 12.4 Å². The van der Waals surface area contributed by atoms with Crippen molar-refractivity contribution in [3.8, 4) is 34.0 Å². The Morgan fingerprint density at radius 3 is 1.28 bits per heavy atom. The van der Waals surface area contributed by atoms with Crippen molar-refractivity contribution in [2.24, 2.45) is 0 Å². The number of carbonyl (C=O) groups excluding carboxylic acids is 1. The minimum Gasteiger partial charge on any atom is -0.497 e. The lowest BCUT2D eigenvalue weighted by atomic mass is 10.1. The highest BCUT2D eigenvalue weighted by atomic mass is 19.4. The molecule has 188 valence electrons. The summed E-state index contributed by atoms with van der Waals surface area (Å²) in [6, 6.07) is 10.8. The Bertz CT molecular complexity index is 1280. The number of carbonyl (C=O) groups is 1. The summed E-state index contributed by atoms with van der Waals surface area (Å²) in [5.41, 5.74) is -3.32. The van der Waals surface area contributed by atoms with Gasteiger partial charge < -0.3 is 9.47 Å². The van der Waals surface area contributed by atoms with E-state index in [-0.39, 0.29) is 31.9 Å². The molecule has 0 bridgehead atoms. The molecule has 0 amide bonds. The fourth-order valence-corrected chi connectivity index (χ4v) is 3.35. The Labute approximate surface area is 199 Å². The van der Waals surface area contributed by atoms with Crippen molar-refractivity contribution in [3.05, 3.63) is 72.1 Å². The van der Waals surface area contributed by atoms with Crippen molar-refractivity contribution in [2.75, 3.05) is 14.2 Å². The highest BCUT2D eigenvalue weighted by molar-refractivity contribution is 5.81. The number of rotatable bonds is 4. The summed E-state index contributed by atoms with van der Waals surface area (Å²) in [7, 11) is 2.79. The molecule has 4 aromatic rings. The molecule has 0 saturated heterocycles. The van der Waals surface area contributed by atoms with E-state index in [1.807, 2.05) is 0 Å². The first-order chi connectivity index (χ1) is 16.9. The van der Waals surface area contributed by atoms with Crippen molar-refractivity contribution in [1.29, 1.82) is 0 Å². The predicted molar refractivity (Wildman–Crippen MR) is 115 cm³/mol. The highest BCUT2D eigenvalue weighted by Crippen LogP contribution is 2.36. The molecule has 0 aliphatic heterocycles. The van der Waals surface area contributed by atoms with E-state index in [2.05, 4.69) is 10.2 Å². The first-order valence-electron chi connectivity index (χ1n) is 10.1. The summed E-state index contributed by atoms with van der Waals surface area (Å²) in [6.07, 6.45) is -10.2. The zero-order chi connectivity index (χ0) is 26.3. The van der Waals surface area contributed by atoms with Gasteiger partial charge in [0.25, 0.3) is 0 Å². The molecule has 0 spiro atoms. The van der Waals surface area contributed by atoms with Crippen LogP contribution < -0.4 is 9.47 Å². The van der Waals surface area contributed by atoms with Crippen LogP contribution in [0.15, 0.2) is 60.7 Å². The number of methoxy groups -OCH3 is 2. The van der Waals surface area contributed by atoms with E-state index in [0.29, 0.717) is 23.6 Å². The van der Waals surface area contributed by atoms with E-state index < -0.39 is 29.8 Å². The van der Waals surface area contributed by atoms with Gasteiger partial charge in [0, 0.05) is 11.1 Å². The maximum absolute atomic E-state index is 13.8. The molecule has 0 radical (unpaired) electrons. The van der Waals surface area contributed by atoms with Crippen LogP contribution in [0.1, 0.15) is 11.4 Å². The summed E-state index contributed by atoms with van der Waals surface area (Å²) in [5.74, 6) is 0.838. The molecule has 13 heteroatoms. The maximum atomic E-state index is 13.8. The normalized spacial score (nSPS) is 12.0. The Hall–Kier alpha value is -4.29. The average molecular weight is 510 g/mol. The molecule has 2 aromatic carbocycles. The Morgan fingerprint density at radius 2 is 1.00 bits per heavy atom. The van der Waals surface area contributed by atoms with Gasteiger partial charge in [-0.1, -0.05) is 0 Å². The molecule has 7 nitrogen and oxygen atoms in total. The maximum Gasteiger partial charge on any atom is 0.433 e. The molecule has 0 N–H and O–H groups in total. The second-order valence-electron chi connectivity index (χ2n) is 7.39. The number of hydrogen-bond acceptors (Lipinski definition) is 5. The zero-order valence-corrected chi connectivity index (χ0v) is 18.6. The minimum absolute atomic E-state index is 0.139. The van der Waals surface area contributed by atoms with Gasteiger partial charge in [-0.15, -0.1) is 0 Å². The highest BCUT2D eigenvalue weighted by Gasteiger charge is 2.42. The second-order valence-corrected chi connectivity index (χ2v) is 7.39. The molecular weight excluding hydrogens is 494 g/mol. The summed E-state index contributed by atoms with van der Waals surface area (Å²) in [4.78, 5) is 13.0. The lowest BCUT2D eigenvalue weighted by Gasteiger charge is -2.11. The van der Waals surface area contributed by atoms with Crippen LogP contribution in [0.3, 0.4) is 0 Å². The summed E-state index contributed by atoms with van der Waals surface area (Å²) in [5, 5.41) is 7.34. The van der Waals surface area contributed by atoms with Gasteiger partial charge in [0.1, 0.15) is 11.5 Å². The molecule has 0 aliphatic rings. The Kier molecular flexibility index (Phi) is 6.24. The van der Waals surface area contributed by atoms with E-state index >= 15 is 0 Å². The SMILES string of the molecule is COc1ccc(-c2cc(C(F)(F)F)n(C(=O)n3nc(-c4ccc(OC)cc4)cc3C(F)(F)F)n2)cc1. The number of aromatic nitrogens is 4. The number of hydrogen-bond donors (Lipinski definition) is 0. The van der Waals surface area contributed by atoms with Gasteiger partial charge >= 0.3 is 18.4 Å². The average Bonchev–Trinajstić information content (AvgIpc) is 3.49. The van der Waals surface area contributed by atoms with Crippen LogP contribution in [0, 0.1) is 0 Å². The number of halogens is 6. The fraction of sp³-hybridized carbons (Fsp3) is 0.174.